The maximum atomic E-state index is 12.5. The third-order valence-corrected chi connectivity index (χ3v) is 5.25. The second-order valence-corrected chi connectivity index (χ2v) is 7.12. The molecule has 2 aromatic carbocycles. The van der Waals surface area contributed by atoms with Crippen LogP contribution >= 0.6 is 11.3 Å². The number of fused-ring (bicyclic) bond motifs is 2. The fourth-order valence-electron chi connectivity index (χ4n) is 2.87. The third kappa shape index (κ3) is 3.25. The third-order valence-electron chi connectivity index (χ3n) is 4.23. The van der Waals surface area contributed by atoms with Crippen molar-refractivity contribution in [3.05, 3.63) is 59.9 Å². The van der Waals surface area contributed by atoms with Gasteiger partial charge in [-0.15, -0.1) is 11.3 Å². The van der Waals surface area contributed by atoms with E-state index in [0.29, 0.717) is 19.5 Å². The molecule has 25 heavy (non-hydrogen) atoms. The van der Waals surface area contributed by atoms with E-state index >= 15 is 0 Å². The minimum atomic E-state index is 0.108. The van der Waals surface area contributed by atoms with Crippen molar-refractivity contribution in [1.29, 1.82) is 0 Å². The zero-order valence-corrected chi connectivity index (χ0v) is 14.7. The number of thiazole rings is 1. The molecule has 2 aromatic heterocycles. The summed E-state index contributed by atoms with van der Waals surface area (Å²) in [5.74, 6) is 0.108. The standard InChI is InChI=1S/C19H18N4OS/c1-22(12-18-21-15-7-3-5-9-17(15)25-18)19(24)10-11-23-13-20-14-6-2-4-8-16(14)23/h2-9,13H,10-12H2,1H3. The van der Waals surface area contributed by atoms with Crippen LogP contribution in [0.15, 0.2) is 54.9 Å². The van der Waals surface area contributed by atoms with Gasteiger partial charge < -0.3 is 9.47 Å². The average molecular weight is 350 g/mol. The van der Waals surface area contributed by atoms with Gasteiger partial charge in [0.2, 0.25) is 5.91 Å². The van der Waals surface area contributed by atoms with E-state index in [9.17, 15) is 4.79 Å². The highest BCUT2D eigenvalue weighted by Crippen LogP contribution is 2.22. The molecule has 0 saturated heterocycles. The lowest BCUT2D eigenvalue weighted by Crippen LogP contribution is -2.26. The van der Waals surface area contributed by atoms with Gasteiger partial charge in [0.25, 0.3) is 0 Å². The van der Waals surface area contributed by atoms with E-state index in [1.807, 2.05) is 54.1 Å². The van der Waals surface area contributed by atoms with Gasteiger partial charge in [0.15, 0.2) is 0 Å². The Hall–Kier alpha value is -2.73. The van der Waals surface area contributed by atoms with Crippen LogP contribution in [0.4, 0.5) is 0 Å². The Morgan fingerprint density at radius 3 is 2.72 bits per heavy atom. The second-order valence-electron chi connectivity index (χ2n) is 6.00. The Morgan fingerprint density at radius 1 is 1.12 bits per heavy atom. The number of hydrogen-bond acceptors (Lipinski definition) is 4. The van der Waals surface area contributed by atoms with E-state index in [1.54, 1.807) is 22.6 Å². The van der Waals surface area contributed by atoms with E-state index in [-0.39, 0.29) is 5.91 Å². The summed E-state index contributed by atoms with van der Waals surface area (Å²) in [4.78, 5) is 23.2. The summed E-state index contributed by atoms with van der Waals surface area (Å²) in [6, 6.07) is 16.0. The molecule has 0 radical (unpaired) electrons. The van der Waals surface area contributed by atoms with Crippen molar-refractivity contribution in [1.82, 2.24) is 19.4 Å². The normalized spacial score (nSPS) is 11.2. The van der Waals surface area contributed by atoms with Crippen LogP contribution in [0.1, 0.15) is 11.4 Å². The summed E-state index contributed by atoms with van der Waals surface area (Å²) >= 11 is 1.64. The van der Waals surface area contributed by atoms with Crippen molar-refractivity contribution >= 4 is 38.5 Å². The zero-order chi connectivity index (χ0) is 17.2. The molecular weight excluding hydrogens is 332 g/mol. The number of carbonyl (C=O) groups is 1. The Kier molecular flexibility index (Phi) is 4.19. The van der Waals surface area contributed by atoms with E-state index < -0.39 is 0 Å². The molecule has 0 aliphatic heterocycles. The molecule has 0 bridgehead atoms. The molecule has 6 heteroatoms. The van der Waals surface area contributed by atoms with E-state index in [2.05, 4.69) is 16.0 Å². The van der Waals surface area contributed by atoms with Crippen LogP contribution in [-0.2, 0) is 17.9 Å². The smallest absolute Gasteiger partial charge is 0.224 e. The van der Waals surface area contributed by atoms with Crippen LogP contribution in [0, 0.1) is 0 Å². The molecule has 0 spiro atoms. The first-order valence-corrected chi connectivity index (χ1v) is 9.00. The molecule has 4 aromatic rings. The second kappa shape index (κ2) is 6.64. The Morgan fingerprint density at radius 2 is 1.88 bits per heavy atom. The van der Waals surface area contributed by atoms with Crippen molar-refractivity contribution in [2.75, 3.05) is 7.05 Å². The molecule has 1 amide bonds. The predicted molar refractivity (Wildman–Crippen MR) is 100 cm³/mol. The minimum absolute atomic E-state index is 0.108. The van der Waals surface area contributed by atoms with Crippen molar-refractivity contribution in [2.24, 2.45) is 0 Å². The summed E-state index contributed by atoms with van der Waals surface area (Å²) in [6.07, 6.45) is 2.24. The lowest BCUT2D eigenvalue weighted by Gasteiger charge is -2.15. The summed E-state index contributed by atoms with van der Waals surface area (Å²) in [7, 11) is 1.83. The van der Waals surface area contributed by atoms with Crippen LogP contribution in [0.3, 0.4) is 0 Å². The fraction of sp³-hybridized carbons (Fsp3) is 0.211. The van der Waals surface area contributed by atoms with Gasteiger partial charge in [0.05, 0.1) is 34.1 Å². The first-order chi connectivity index (χ1) is 12.2. The number of aryl methyl sites for hydroxylation is 1. The number of carbonyl (C=O) groups excluding carboxylic acids is 1. The van der Waals surface area contributed by atoms with E-state index in [0.717, 1.165) is 26.3 Å². The van der Waals surface area contributed by atoms with Gasteiger partial charge in [-0.05, 0) is 24.3 Å². The van der Waals surface area contributed by atoms with Crippen LogP contribution in [0.5, 0.6) is 0 Å². The Labute approximate surface area is 149 Å². The van der Waals surface area contributed by atoms with Crippen LogP contribution in [0.2, 0.25) is 0 Å². The van der Waals surface area contributed by atoms with Gasteiger partial charge >= 0.3 is 0 Å². The molecular formula is C19H18N4OS. The maximum Gasteiger partial charge on any atom is 0.224 e. The summed E-state index contributed by atoms with van der Waals surface area (Å²) in [6.45, 7) is 1.17. The van der Waals surface area contributed by atoms with Gasteiger partial charge in [-0.3, -0.25) is 4.79 Å². The summed E-state index contributed by atoms with van der Waals surface area (Å²) < 4.78 is 3.18. The number of benzene rings is 2. The number of aromatic nitrogens is 3. The molecule has 2 heterocycles. The average Bonchev–Trinajstić information content (AvgIpc) is 3.22. The molecule has 0 aliphatic carbocycles. The van der Waals surface area contributed by atoms with Gasteiger partial charge in [-0.1, -0.05) is 24.3 Å². The van der Waals surface area contributed by atoms with Crippen molar-refractivity contribution in [3.8, 4) is 0 Å². The Balaban J connectivity index is 1.40. The van der Waals surface area contributed by atoms with Gasteiger partial charge in [-0.2, -0.15) is 0 Å². The number of imidazole rings is 1. The lowest BCUT2D eigenvalue weighted by atomic mass is 10.3. The number of amides is 1. The Bertz CT molecular complexity index is 1000. The van der Waals surface area contributed by atoms with Crippen LogP contribution in [-0.4, -0.2) is 32.4 Å². The molecule has 0 saturated carbocycles. The molecule has 0 aliphatic rings. The summed E-state index contributed by atoms with van der Waals surface area (Å²) in [5.41, 5.74) is 3.01. The molecule has 0 atom stereocenters. The summed E-state index contributed by atoms with van der Waals surface area (Å²) in [5, 5.41) is 0.963. The quantitative estimate of drug-likeness (QED) is 0.551. The zero-order valence-electron chi connectivity index (χ0n) is 13.9. The molecule has 0 fully saturated rings. The largest absolute Gasteiger partial charge is 0.339 e. The minimum Gasteiger partial charge on any atom is -0.339 e. The fourth-order valence-corrected chi connectivity index (χ4v) is 3.89. The number of rotatable bonds is 5. The highest BCUT2D eigenvalue weighted by molar-refractivity contribution is 7.18. The van der Waals surface area contributed by atoms with Crippen molar-refractivity contribution in [2.45, 2.75) is 19.5 Å². The molecule has 126 valence electrons. The molecule has 5 nitrogen and oxygen atoms in total. The molecule has 0 unspecified atom stereocenters. The monoisotopic (exact) mass is 350 g/mol. The van der Waals surface area contributed by atoms with Crippen molar-refractivity contribution in [3.63, 3.8) is 0 Å². The first-order valence-electron chi connectivity index (χ1n) is 8.19. The number of nitrogens with zero attached hydrogens (tertiary/aromatic N) is 4. The maximum absolute atomic E-state index is 12.5. The number of hydrogen-bond donors (Lipinski definition) is 0. The molecule has 0 N–H and O–H groups in total. The van der Waals surface area contributed by atoms with Crippen LogP contribution in [0.25, 0.3) is 21.3 Å². The number of para-hydroxylation sites is 3. The van der Waals surface area contributed by atoms with E-state index in [4.69, 9.17) is 0 Å². The topological polar surface area (TPSA) is 51.0 Å². The highest BCUT2D eigenvalue weighted by Gasteiger charge is 2.13. The first kappa shape index (κ1) is 15.8. The van der Waals surface area contributed by atoms with Gasteiger partial charge in [0.1, 0.15) is 5.01 Å². The van der Waals surface area contributed by atoms with Gasteiger partial charge in [-0.25, -0.2) is 9.97 Å². The highest BCUT2D eigenvalue weighted by atomic mass is 32.1. The lowest BCUT2D eigenvalue weighted by molar-refractivity contribution is -0.130. The van der Waals surface area contributed by atoms with Crippen LogP contribution < -0.4 is 0 Å². The molecule has 4 rings (SSSR count). The van der Waals surface area contributed by atoms with Gasteiger partial charge in [0, 0.05) is 20.0 Å². The SMILES string of the molecule is CN(Cc1nc2ccccc2s1)C(=O)CCn1cnc2ccccc21. The van der Waals surface area contributed by atoms with Crippen molar-refractivity contribution < 1.29 is 4.79 Å². The van der Waals surface area contributed by atoms with E-state index in [1.165, 1.54) is 0 Å². The predicted octanol–water partition coefficient (Wildman–Crippen LogP) is 3.69.